The summed E-state index contributed by atoms with van der Waals surface area (Å²) in [7, 11) is 0. The van der Waals surface area contributed by atoms with Crippen molar-refractivity contribution in [2.24, 2.45) is 50.9 Å². The number of aliphatic hydroxyl groups is 1. The molecule has 0 radical (unpaired) electrons. The number of unbranched alkanes of at least 4 members (excludes halogenated alkanes) is 2. The number of guanidine groups is 1. The number of primary amides is 1. The van der Waals surface area contributed by atoms with Gasteiger partial charge in [0.25, 0.3) is 0 Å². The predicted molar refractivity (Wildman–Crippen MR) is 287 cm³/mol. The van der Waals surface area contributed by atoms with E-state index >= 15 is 0 Å². The lowest BCUT2D eigenvalue weighted by Crippen LogP contribution is -2.61. The molecule has 2 heterocycles. The molecule has 0 unspecified atom stereocenters. The first kappa shape index (κ1) is 67.0. The summed E-state index contributed by atoms with van der Waals surface area (Å²) in [5, 5.41) is 28.5. The molecule has 78 heavy (non-hydrogen) atoms. The summed E-state index contributed by atoms with van der Waals surface area (Å²) in [6.45, 7) is 1.06. The second-order valence-electron chi connectivity index (χ2n) is 18.8. The van der Waals surface area contributed by atoms with Crippen LogP contribution in [0.25, 0.3) is 0 Å². The van der Waals surface area contributed by atoms with Crippen LogP contribution < -0.4 is 83.1 Å². The molecule has 0 saturated carbocycles. The second-order valence-corrected chi connectivity index (χ2v) is 18.8. The van der Waals surface area contributed by atoms with Crippen LogP contribution in [0.2, 0.25) is 0 Å². The Balaban J connectivity index is 2.28. The van der Waals surface area contributed by atoms with Gasteiger partial charge in [0.15, 0.2) is 11.7 Å². The molecule has 2 rings (SSSR count). The molecule has 0 aliphatic carbocycles. The number of aliphatic imine (C=N–C) groups is 1. The van der Waals surface area contributed by atoms with Gasteiger partial charge in [0, 0.05) is 63.4 Å². The summed E-state index contributed by atoms with van der Waals surface area (Å²) in [6, 6.07) is -8.80. The van der Waals surface area contributed by atoms with Crippen molar-refractivity contribution >= 4 is 64.9 Å². The van der Waals surface area contributed by atoms with Gasteiger partial charge in [-0.15, -0.1) is 0 Å². The zero-order chi connectivity index (χ0) is 58.2. The summed E-state index contributed by atoms with van der Waals surface area (Å²) in [5.41, 5.74) is 45.6. The molecule has 0 spiro atoms. The normalized spacial score (nSPS) is 16.0. The molecule has 1 aliphatic heterocycles. The van der Waals surface area contributed by atoms with Gasteiger partial charge < -0.3 is 98.1 Å². The molecule has 1 fully saturated rings. The zero-order valence-electron chi connectivity index (χ0n) is 44.6. The van der Waals surface area contributed by atoms with E-state index in [4.69, 9.17) is 45.9 Å². The van der Waals surface area contributed by atoms with Gasteiger partial charge in [-0.1, -0.05) is 12.5 Å². The van der Waals surface area contributed by atoms with Crippen molar-refractivity contribution in [2.45, 2.75) is 152 Å². The summed E-state index contributed by atoms with van der Waals surface area (Å²) >= 11 is 0. The fourth-order valence-corrected chi connectivity index (χ4v) is 8.28. The van der Waals surface area contributed by atoms with Gasteiger partial charge in [-0.2, -0.15) is 0 Å². The molecule has 25 N–H and O–H groups in total. The fraction of sp³-hybridized carbons (Fsp3) is 0.667. The highest BCUT2D eigenvalue weighted by atomic mass is 16.3. The zero-order valence-corrected chi connectivity index (χ0v) is 44.6. The van der Waals surface area contributed by atoms with Crippen LogP contribution in [0.4, 0.5) is 0 Å². The maximum atomic E-state index is 14.3. The van der Waals surface area contributed by atoms with Crippen LogP contribution in [0.15, 0.2) is 29.2 Å². The number of imidazole rings is 1. The third-order valence-corrected chi connectivity index (χ3v) is 12.6. The van der Waals surface area contributed by atoms with Crippen molar-refractivity contribution in [1.82, 2.24) is 52.1 Å². The average molecular weight is 1100 g/mol. The smallest absolute Gasteiger partial charge is 0.245 e. The van der Waals surface area contributed by atoms with E-state index in [0.29, 0.717) is 50.9 Å². The fourth-order valence-electron chi connectivity index (χ4n) is 8.28. The summed E-state index contributed by atoms with van der Waals surface area (Å²) in [6.07, 6.45) is 5.98. The van der Waals surface area contributed by atoms with Gasteiger partial charge in [0.1, 0.15) is 30.2 Å². The lowest BCUT2D eigenvalue weighted by Gasteiger charge is -2.30. The van der Waals surface area contributed by atoms with Crippen LogP contribution in [0, 0.1) is 0 Å². The molecule has 1 saturated heterocycles. The molecule has 1 aromatic rings. The van der Waals surface area contributed by atoms with Crippen LogP contribution in [-0.4, -0.2) is 186 Å². The highest BCUT2D eigenvalue weighted by Crippen LogP contribution is 2.21. The molecule has 30 heteroatoms. The van der Waals surface area contributed by atoms with Crippen LogP contribution in [-0.2, 0) is 54.4 Å². The largest absolute Gasteiger partial charge is 0.389 e. The maximum Gasteiger partial charge on any atom is 0.245 e. The van der Waals surface area contributed by atoms with Gasteiger partial charge in [-0.3, -0.25) is 52.9 Å². The molecule has 1 aliphatic rings. The Hall–Kier alpha value is -7.12. The number of nitrogens with zero attached hydrogens (tertiary/aromatic N) is 3. The SMILES string of the molecule is CC(=O)NCC[C@H](NC(=O)[C@@H](NC(=O)[C@@H](N)CCCCN)[C@@H](O)CN)C(=O)NCC(=O)N[C@H](CCCN)C(=O)N1CCC[C@H]1C(=O)N[C@@H](Cc1cnc[nH]1)C(=O)N[C@@H](CCCCN)C(=O)CC/C(=C\CCN=C(N)N)C(N)=O. The molecule has 9 amide bonds. The van der Waals surface area contributed by atoms with Gasteiger partial charge in [-0.05, 0) is 96.7 Å². The Morgan fingerprint density at radius 2 is 1.44 bits per heavy atom. The Bertz CT molecular complexity index is 2180. The van der Waals surface area contributed by atoms with Gasteiger partial charge >= 0.3 is 0 Å². The average Bonchev–Trinajstić information content (AvgIpc) is 4.12. The lowest BCUT2D eigenvalue weighted by molar-refractivity contribution is -0.142. The number of H-pyrrole nitrogens is 1. The van der Waals surface area contributed by atoms with E-state index in [-0.39, 0.29) is 102 Å². The number of aliphatic hydroxyl groups excluding tert-OH is 1. The van der Waals surface area contributed by atoms with Gasteiger partial charge in [0.2, 0.25) is 53.2 Å². The Kier molecular flexibility index (Phi) is 31.6. The number of nitrogens with two attached hydrogens (primary N) is 8. The number of aromatic nitrogens is 2. The number of hydrogen-bond donors (Lipinski definition) is 17. The van der Waals surface area contributed by atoms with Crippen molar-refractivity contribution in [3.05, 3.63) is 29.9 Å². The lowest BCUT2D eigenvalue weighted by atomic mass is 9.98. The van der Waals surface area contributed by atoms with Crippen LogP contribution in [0.3, 0.4) is 0 Å². The third kappa shape index (κ3) is 24.9. The van der Waals surface area contributed by atoms with Crippen molar-refractivity contribution < 1.29 is 53.1 Å². The topological polar surface area (TPSA) is 528 Å². The van der Waals surface area contributed by atoms with E-state index in [1.54, 1.807) is 0 Å². The predicted octanol–water partition coefficient (Wildman–Crippen LogP) is -6.92. The molecule has 30 nitrogen and oxygen atoms in total. The van der Waals surface area contributed by atoms with E-state index < -0.39 is 120 Å². The number of aromatic amines is 1. The molecule has 8 atom stereocenters. The number of amides is 9. The van der Waals surface area contributed by atoms with Crippen LogP contribution in [0.1, 0.15) is 103 Å². The van der Waals surface area contributed by atoms with E-state index in [1.807, 2.05) is 0 Å². The van der Waals surface area contributed by atoms with E-state index in [2.05, 4.69) is 52.2 Å². The van der Waals surface area contributed by atoms with E-state index in [1.165, 1.54) is 30.4 Å². The number of rotatable bonds is 39. The second kappa shape index (κ2) is 36.8. The summed E-state index contributed by atoms with van der Waals surface area (Å²) < 4.78 is 0. The van der Waals surface area contributed by atoms with Crippen molar-refractivity contribution in [1.29, 1.82) is 0 Å². The highest BCUT2D eigenvalue weighted by molar-refractivity contribution is 5.98. The van der Waals surface area contributed by atoms with Gasteiger partial charge in [0.05, 0.1) is 31.1 Å². The molecule has 1 aromatic heterocycles. The van der Waals surface area contributed by atoms with E-state index in [9.17, 15) is 53.1 Å². The van der Waals surface area contributed by atoms with Crippen molar-refractivity contribution in [2.75, 3.05) is 52.4 Å². The number of hydrogen-bond acceptors (Lipinski definition) is 18. The first-order valence-corrected chi connectivity index (χ1v) is 26.3. The van der Waals surface area contributed by atoms with Gasteiger partial charge in [-0.25, -0.2) is 4.98 Å². The first-order chi connectivity index (χ1) is 37.2. The third-order valence-electron chi connectivity index (χ3n) is 12.6. The standard InChI is InChI=1S/C48H85N19O11/c1-28(68)58-21-16-33(64-46(77)40(38(70)24-52)66-42(73)31(53)10-2-4-17-49)43(74)60-26-39(71)62-34(12-6-19-51)47(78)67-22-8-13-36(67)45(76)65-35(23-30-25-57-27-61-30)44(75)63-32(11-3-5-18-50)37(69)15-14-29(41(54)72)9-7-20-59-48(55)56/h9,25,27,31-36,38,40,70H,2-8,10-24,26,49-53H2,1H3,(H2,54,72)(H,57,61)(H,58,68)(H,60,74)(H,62,71)(H,63,75)(H,64,77)(H,65,76)(H,66,73)(H4,55,56,59)/b29-9+/t31-,32-,33-,34+,35-,36-,38-,40-/m0/s1. The minimum Gasteiger partial charge on any atom is -0.389 e. The molecule has 438 valence electrons. The van der Waals surface area contributed by atoms with Crippen molar-refractivity contribution in [3.63, 3.8) is 0 Å². The minimum absolute atomic E-state index is 0.0267. The molecular weight excluding hydrogens is 1020 g/mol. The number of Topliss-reactive ketones (excluding diaryl/α,β-unsaturated/α-hetero) is 1. The number of likely N-dealkylation sites (tertiary alicyclic amines) is 1. The quantitative estimate of drug-likeness (QED) is 0.0126. The number of carbonyl (C=O) groups is 10. The first-order valence-electron chi connectivity index (χ1n) is 26.3. The Morgan fingerprint density at radius 1 is 0.769 bits per heavy atom. The van der Waals surface area contributed by atoms with Crippen molar-refractivity contribution in [3.8, 4) is 0 Å². The van der Waals surface area contributed by atoms with Crippen LogP contribution in [0.5, 0.6) is 0 Å². The summed E-state index contributed by atoms with van der Waals surface area (Å²) in [4.78, 5) is 146. The maximum absolute atomic E-state index is 14.3. The van der Waals surface area contributed by atoms with Crippen LogP contribution >= 0.6 is 0 Å². The Labute approximate surface area is 453 Å². The Morgan fingerprint density at radius 3 is 2.05 bits per heavy atom. The number of carbonyl (C=O) groups excluding carboxylic acids is 10. The highest BCUT2D eigenvalue weighted by Gasteiger charge is 2.40. The summed E-state index contributed by atoms with van der Waals surface area (Å²) in [5.74, 6) is -7.29. The van der Waals surface area contributed by atoms with E-state index in [0.717, 1.165) is 0 Å². The molecular formula is C48H85N19O11. The monoisotopic (exact) mass is 1100 g/mol. The molecule has 0 aromatic carbocycles. The molecule has 0 bridgehead atoms. The number of nitrogens with one attached hydrogen (secondary N) is 8. The number of ketones is 1. The minimum atomic E-state index is -1.65.